The molecule has 0 aromatic carbocycles. The molecule has 2 N–H and O–H groups in total. The minimum atomic E-state index is 0.675. The zero-order valence-electron chi connectivity index (χ0n) is 10.8. The molecule has 96 valence electrons. The van der Waals surface area contributed by atoms with Crippen LogP contribution in [0, 0.1) is 0 Å². The lowest BCUT2D eigenvalue weighted by Crippen LogP contribution is -2.40. The van der Waals surface area contributed by atoms with Gasteiger partial charge in [-0.3, -0.25) is 9.58 Å². The van der Waals surface area contributed by atoms with Gasteiger partial charge in [0.1, 0.15) is 0 Å². The lowest BCUT2D eigenvalue weighted by Gasteiger charge is -2.35. The van der Waals surface area contributed by atoms with Gasteiger partial charge < -0.3 is 5.73 Å². The summed E-state index contributed by atoms with van der Waals surface area (Å²) in [5, 5.41) is 4.34. The maximum Gasteiger partial charge on any atom is 0.0524 e. The SMILES string of the molecule is CCn1nccc1CN1CCCCC1CCN. The number of likely N-dealkylation sites (tertiary alicyclic amines) is 1. The first-order valence-corrected chi connectivity index (χ1v) is 6.80. The fourth-order valence-electron chi connectivity index (χ4n) is 2.77. The standard InChI is InChI=1S/C13H24N4/c1-2-17-13(7-9-15-17)11-16-10-4-3-5-12(16)6-8-14/h7,9,12H,2-6,8,10-11,14H2,1H3. The Morgan fingerprint density at radius 2 is 2.35 bits per heavy atom. The van der Waals surface area contributed by atoms with Crippen LogP contribution >= 0.6 is 0 Å². The van der Waals surface area contributed by atoms with Gasteiger partial charge in [0.05, 0.1) is 5.69 Å². The number of hydrogen-bond donors (Lipinski definition) is 1. The largest absolute Gasteiger partial charge is 0.330 e. The molecule has 1 aliphatic rings. The minimum absolute atomic E-state index is 0.675. The molecule has 0 spiro atoms. The van der Waals surface area contributed by atoms with Gasteiger partial charge in [-0.2, -0.15) is 5.10 Å². The Balaban J connectivity index is 2.00. The van der Waals surface area contributed by atoms with Crippen LogP contribution in [-0.4, -0.2) is 33.8 Å². The van der Waals surface area contributed by atoms with E-state index in [1.807, 2.05) is 6.20 Å². The van der Waals surface area contributed by atoms with E-state index < -0.39 is 0 Å². The topological polar surface area (TPSA) is 47.1 Å². The maximum atomic E-state index is 5.71. The summed E-state index contributed by atoms with van der Waals surface area (Å²) in [6, 6.07) is 2.81. The van der Waals surface area contributed by atoms with Gasteiger partial charge in [-0.25, -0.2) is 0 Å². The van der Waals surface area contributed by atoms with Crippen LogP contribution in [0.15, 0.2) is 12.3 Å². The van der Waals surface area contributed by atoms with E-state index >= 15 is 0 Å². The van der Waals surface area contributed by atoms with Crippen LogP contribution in [0.5, 0.6) is 0 Å². The third-order valence-electron chi connectivity index (χ3n) is 3.72. The number of aryl methyl sites for hydroxylation is 1. The Hall–Kier alpha value is -0.870. The van der Waals surface area contributed by atoms with Crippen LogP contribution in [0.1, 0.15) is 38.3 Å². The third-order valence-corrected chi connectivity index (χ3v) is 3.72. The molecule has 1 saturated heterocycles. The Morgan fingerprint density at radius 1 is 1.47 bits per heavy atom. The van der Waals surface area contributed by atoms with Crippen molar-refractivity contribution < 1.29 is 0 Å². The van der Waals surface area contributed by atoms with Crippen LogP contribution in [-0.2, 0) is 13.1 Å². The minimum Gasteiger partial charge on any atom is -0.330 e. The highest BCUT2D eigenvalue weighted by Gasteiger charge is 2.22. The molecule has 1 unspecified atom stereocenters. The van der Waals surface area contributed by atoms with Crippen molar-refractivity contribution in [2.75, 3.05) is 13.1 Å². The summed E-state index contributed by atoms with van der Waals surface area (Å²) in [5.74, 6) is 0. The Labute approximate surface area is 104 Å². The van der Waals surface area contributed by atoms with Gasteiger partial charge in [0.2, 0.25) is 0 Å². The predicted molar refractivity (Wildman–Crippen MR) is 69.6 cm³/mol. The van der Waals surface area contributed by atoms with Crippen molar-refractivity contribution in [2.45, 2.75) is 51.7 Å². The number of nitrogens with two attached hydrogens (primary N) is 1. The van der Waals surface area contributed by atoms with Crippen LogP contribution < -0.4 is 5.73 Å². The molecule has 0 radical (unpaired) electrons. The molecular weight excluding hydrogens is 212 g/mol. The molecule has 2 rings (SSSR count). The van der Waals surface area contributed by atoms with Gasteiger partial charge in [-0.05, 0) is 45.3 Å². The number of piperidine rings is 1. The lowest BCUT2D eigenvalue weighted by molar-refractivity contribution is 0.130. The molecule has 1 aliphatic heterocycles. The third kappa shape index (κ3) is 3.07. The van der Waals surface area contributed by atoms with E-state index in [2.05, 4.69) is 27.7 Å². The average Bonchev–Trinajstić information content (AvgIpc) is 2.79. The average molecular weight is 236 g/mol. The highest BCUT2D eigenvalue weighted by molar-refractivity contribution is 5.01. The smallest absolute Gasteiger partial charge is 0.0524 e. The van der Waals surface area contributed by atoms with Gasteiger partial charge in [0.15, 0.2) is 0 Å². The van der Waals surface area contributed by atoms with E-state index in [1.54, 1.807) is 0 Å². The van der Waals surface area contributed by atoms with Gasteiger partial charge in [-0.15, -0.1) is 0 Å². The molecule has 1 fully saturated rings. The molecule has 0 aliphatic carbocycles. The van der Waals surface area contributed by atoms with E-state index in [-0.39, 0.29) is 0 Å². The van der Waals surface area contributed by atoms with E-state index in [0.717, 1.165) is 26.1 Å². The molecule has 1 atom stereocenters. The van der Waals surface area contributed by atoms with Crippen molar-refractivity contribution in [3.63, 3.8) is 0 Å². The number of rotatable bonds is 5. The van der Waals surface area contributed by atoms with Gasteiger partial charge in [0.25, 0.3) is 0 Å². The van der Waals surface area contributed by atoms with Crippen molar-refractivity contribution in [3.8, 4) is 0 Å². The highest BCUT2D eigenvalue weighted by atomic mass is 15.3. The fourth-order valence-corrected chi connectivity index (χ4v) is 2.77. The van der Waals surface area contributed by atoms with Crippen molar-refractivity contribution in [3.05, 3.63) is 18.0 Å². The van der Waals surface area contributed by atoms with Crippen molar-refractivity contribution in [1.82, 2.24) is 14.7 Å². The summed E-state index contributed by atoms with van der Waals surface area (Å²) < 4.78 is 2.09. The number of hydrogen-bond acceptors (Lipinski definition) is 3. The van der Waals surface area contributed by atoms with Crippen molar-refractivity contribution >= 4 is 0 Å². The summed E-state index contributed by atoms with van der Waals surface area (Å²) in [6.45, 7) is 6.13. The second kappa shape index (κ2) is 6.17. The van der Waals surface area contributed by atoms with Crippen LogP contribution in [0.25, 0.3) is 0 Å². The van der Waals surface area contributed by atoms with Crippen molar-refractivity contribution in [1.29, 1.82) is 0 Å². The Bertz CT molecular complexity index is 332. The lowest BCUT2D eigenvalue weighted by atomic mass is 9.99. The maximum absolute atomic E-state index is 5.71. The van der Waals surface area contributed by atoms with Gasteiger partial charge in [-0.1, -0.05) is 6.42 Å². The van der Waals surface area contributed by atoms with Gasteiger partial charge in [0, 0.05) is 25.3 Å². The fraction of sp³-hybridized carbons (Fsp3) is 0.769. The van der Waals surface area contributed by atoms with Gasteiger partial charge >= 0.3 is 0 Å². The monoisotopic (exact) mass is 236 g/mol. The number of nitrogens with zero attached hydrogens (tertiary/aromatic N) is 3. The van der Waals surface area contributed by atoms with E-state index in [4.69, 9.17) is 5.73 Å². The molecular formula is C13H24N4. The van der Waals surface area contributed by atoms with E-state index in [1.165, 1.54) is 31.5 Å². The zero-order valence-corrected chi connectivity index (χ0v) is 10.8. The molecule has 17 heavy (non-hydrogen) atoms. The normalized spacial score (nSPS) is 21.9. The molecule has 1 aromatic rings. The highest BCUT2D eigenvalue weighted by Crippen LogP contribution is 2.21. The van der Waals surface area contributed by atoms with Crippen LogP contribution in [0.2, 0.25) is 0 Å². The van der Waals surface area contributed by atoms with Crippen LogP contribution in [0.3, 0.4) is 0 Å². The number of aromatic nitrogens is 2. The first kappa shape index (κ1) is 12.6. The summed E-state index contributed by atoms with van der Waals surface area (Å²) in [5.41, 5.74) is 7.04. The Kier molecular flexibility index (Phi) is 4.57. The van der Waals surface area contributed by atoms with E-state index in [9.17, 15) is 0 Å². The molecule has 2 heterocycles. The molecule has 4 nitrogen and oxygen atoms in total. The quantitative estimate of drug-likeness (QED) is 0.845. The summed E-state index contributed by atoms with van der Waals surface area (Å²) >= 11 is 0. The first-order valence-electron chi connectivity index (χ1n) is 6.80. The molecule has 4 heteroatoms. The summed E-state index contributed by atoms with van der Waals surface area (Å²) in [6.07, 6.45) is 7.01. The molecule has 0 saturated carbocycles. The summed E-state index contributed by atoms with van der Waals surface area (Å²) in [7, 11) is 0. The Morgan fingerprint density at radius 3 is 3.12 bits per heavy atom. The molecule has 0 amide bonds. The second-order valence-electron chi connectivity index (χ2n) is 4.84. The summed E-state index contributed by atoms with van der Waals surface area (Å²) in [4.78, 5) is 2.58. The van der Waals surface area contributed by atoms with Crippen LogP contribution in [0.4, 0.5) is 0 Å². The molecule has 0 bridgehead atoms. The second-order valence-corrected chi connectivity index (χ2v) is 4.84. The van der Waals surface area contributed by atoms with E-state index in [0.29, 0.717) is 6.04 Å². The first-order chi connectivity index (χ1) is 8.35. The molecule has 1 aromatic heterocycles. The van der Waals surface area contributed by atoms with Crippen molar-refractivity contribution in [2.24, 2.45) is 5.73 Å². The predicted octanol–water partition coefficient (Wildman–Crippen LogP) is 1.61. The zero-order chi connectivity index (χ0) is 12.1.